The van der Waals surface area contributed by atoms with Crippen LogP contribution < -0.4 is 0 Å². The number of thioether (sulfide) groups is 1. The standard InChI is InChI=1S/C10H17NOS/c1-6-10(4,5)13-8-9(2,3)7(12)11(6)8/h6,8H,1-5H3/t6-,8+/m0/s1. The summed E-state index contributed by atoms with van der Waals surface area (Å²) in [7, 11) is 0. The van der Waals surface area contributed by atoms with Gasteiger partial charge in [-0.25, -0.2) is 0 Å². The second kappa shape index (κ2) is 2.25. The third-order valence-electron chi connectivity index (χ3n) is 3.49. The van der Waals surface area contributed by atoms with Crippen LogP contribution in [0.4, 0.5) is 0 Å². The molecule has 2 rings (SSSR count). The topological polar surface area (TPSA) is 20.3 Å². The van der Waals surface area contributed by atoms with Crippen LogP contribution >= 0.6 is 11.8 Å². The van der Waals surface area contributed by atoms with E-state index < -0.39 is 0 Å². The molecule has 0 unspecified atom stereocenters. The van der Waals surface area contributed by atoms with Gasteiger partial charge in [0, 0.05) is 10.8 Å². The van der Waals surface area contributed by atoms with Crippen LogP contribution in [0.15, 0.2) is 0 Å². The second-order valence-corrected chi connectivity index (χ2v) is 6.92. The maximum Gasteiger partial charge on any atom is 0.232 e. The molecule has 0 aromatic heterocycles. The molecule has 0 bridgehead atoms. The first-order valence-electron chi connectivity index (χ1n) is 4.79. The average Bonchev–Trinajstić information content (AvgIpc) is 2.23. The fourth-order valence-electron chi connectivity index (χ4n) is 2.13. The molecule has 13 heavy (non-hydrogen) atoms. The summed E-state index contributed by atoms with van der Waals surface area (Å²) in [5.74, 6) is 0.322. The van der Waals surface area contributed by atoms with E-state index in [1.807, 2.05) is 16.7 Å². The summed E-state index contributed by atoms with van der Waals surface area (Å²) < 4.78 is 0.216. The van der Waals surface area contributed by atoms with Crippen molar-refractivity contribution in [1.29, 1.82) is 0 Å². The van der Waals surface area contributed by atoms with Gasteiger partial charge in [0.2, 0.25) is 5.91 Å². The van der Waals surface area contributed by atoms with Crippen molar-refractivity contribution in [3.63, 3.8) is 0 Å². The maximum atomic E-state index is 11.8. The van der Waals surface area contributed by atoms with E-state index in [0.717, 1.165) is 0 Å². The number of amides is 1. The summed E-state index contributed by atoms with van der Waals surface area (Å²) in [4.78, 5) is 13.8. The van der Waals surface area contributed by atoms with Crippen molar-refractivity contribution in [2.45, 2.75) is 50.8 Å². The highest BCUT2D eigenvalue weighted by Crippen LogP contribution is 2.57. The Bertz CT molecular complexity index is 272. The van der Waals surface area contributed by atoms with Gasteiger partial charge in [-0.1, -0.05) is 0 Å². The Morgan fingerprint density at radius 3 is 2.31 bits per heavy atom. The van der Waals surface area contributed by atoms with Gasteiger partial charge < -0.3 is 4.90 Å². The van der Waals surface area contributed by atoms with Gasteiger partial charge in [0.25, 0.3) is 0 Å². The molecule has 2 fully saturated rings. The summed E-state index contributed by atoms with van der Waals surface area (Å²) in [5.41, 5.74) is -0.132. The number of β-lactam (4-membered cyclic amide) rings is 1. The Kier molecular flexibility index (Phi) is 1.62. The summed E-state index contributed by atoms with van der Waals surface area (Å²) in [6.07, 6.45) is 0. The molecule has 0 aromatic rings. The van der Waals surface area contributed by atoms with Gasteiger partial charge in [0.05, 0.1) is 10.8 Å². The highest BCUT2D eigenvalue weighted by molar-refractivity contribution is 8.01. The van der Waals surface area contributed by atoms with Gasteiger partial charge in [0.1, 0.15) is 0 Å². The van der Waals surface area contributed by atoms with E-state index in [2.05, 4.69) is 34.6 Å². The van der Waals surface area contributed by atoms with E-state index in [-0.39, 0.29) is 10.2 Å². The van der Waals surface area contributed by atoms with Crippen LogP contribution in [0.5, 0.6) is 0 Å². The lowest BCUT2D eigenvalue weighted by Crippen LogP contribution is -2.64. The molecule has 1 amide bonds. The Balaban J connectivity index is 2.30. The van der Waals surface area contributed by atoms with Gasteiger partial charge in [-0.2, -0.15) is 0 Å². The highest BCUT2D eigenvalue weighted by Gasteiger charge is 2.63. The van der Waals surface area contributed by atoms with Crippen molar-refractivity contribution in [3.05, 3.63) is 0 Å². The van der Waals surface area contributed by atoms with Crippen LogP contribution in [0.1, 0.15) is 34.6 Å². The van der Waals surface area contributed by atoms with E-state index in [9.17, 15) is 4.79 Å². The number of hydrogen-bond donors (Lipinski definition) is 0. The van der Waals surface area contributed by atoms with E-state index in [0.29, 0.717) is 17.3 Å². The molecular weight excluding hydrogens is 182 g/mol. The molecular formula is C10H17NOS. The smallest absolute Gasteiger partial charge is 0.232 e. The quantitative estimate of drug-likeness (QED) is 0.557. The third-order valence-corrected chi connectivity index (χ3v) is 5.48. The lowest BCUT2D eigenvalue weighted by atomic mass is 9.80. The minimum absolute atomic E-state index is 0.132. The number of fused-ring (bicyclic) bond motifs is 1. The molecule has 74 valence electrons. The van der Waals surface area contributed by atoms with E-state index in [4.69, 9.17) is 0 Å². The zero-order valence-corrected chi connectivity index (χ0v) is 9.73. The molecule has 2 aliphatic heterocycles. The zero-order valence-electron chi connectivity index (χ0n) is 8.92. The molecule has 2 atom stereocenters. The van der Waals surface area contributed by atoms with Gasteiger partial charge in [0.15, 0.2) is 0 Å². The summed E-state index contributed by atoms with van der Waals surface area (Å²) in [5, 5.41) is 0.407. The molecule has 0 spiro atoms. The number of carbonyl (C=O) groups is 1. The minimum atomic E-state index is -0.132. The summed E-state index contributed by atoms with van der Waals surface area (Å²) in [6.45, 7) is 10.7. The fraction of sp³-hybridized carbons (Fsp3) is 0.900. The van der Waals surface area contributed by atoms with E-state index >= 15 is 0 Å². The van der Waals surface area contributed by atoms with Gasteiger partial charge in [-0.15, -0.1) is 11.8 Å². The second-order valence-electron chi connectivity index (χ2n) is 5.18. The number of hydrogen-bond acceptors (Lipinski definition) is 2. The van der Waals surface area contributed by atoms with Crippen molar-refractivity contribution in [1.82, 2.24) is 4.90 Å². The largest absolute Gasteiger partial charge is 0.325 e. The molecule has 2 aliphatic rings. The van der Waals surface area contributed by atoms with E-state index in [1.54, 1.807) is 0 Å². The molecule has 0 aromatic carbocycles. The van der Waals surface area contributed by atoms with Gasteiger partial charge >= 0.3 is 0 Å². The predicted octanol–water partition coefficient (Wildman–Crippen LogP) is 2.09. The van der Waals surface area contributed by atoms with Crippen LogP contribution in [0.2, 0.25) is 0 Å². The van der Waals surface area contributed by atoms with Gasteiger partial charge in [-0.05, 0) is 34.6 Å². The molecule has 2 heterocycles. The highest BCUT2D eigenvalue weighted by atomic mass is 32.2. The van der Waals surface area contributed by atoms with Gasteiger partial charge in [-0.3, -0.25) is 4.79 Å². The SMILES string of the molecule is C[C@@H]1N2C(=O)C(C)(C)[C@H]2SC1(C)C. The molecule has 0 N–H and O–H groups in total. The lowest BCUT2D eigenvalue weighted by Gasteiger charge is -2.49. The molecule has 2 nitrogen and oxygen atoms in total. The Morgan fingerprint density at radius 1 is 1.31 bits per heavy atom. The lowest BCUT2D eigenvalue weighted by molar-refractivity contribution is -0.162. The molecule has 0 saturated carbocycles. The van der Waals surface area contributed by atoms with Crippen molar-refractivity contribution in [2.75, 3.05) is 0 Å². The minimum Gasteiger partial charge on any atom is -0.325 e. The monoisotopic (exact) mass is 199 g/mol. The summed E-state index contributed by atoms with van der Waals surface area (Å²) in [6, 6.07) is 0.378. The van der Waals surface area contributed by atoms with Crippen LogP contribution in [-0.4, -0.2) is 27.0 Å². The van der Waals surface area contributed by atoms with Crippen LogP contribution in [-0.2, 0) is 4.79 Å². The summed E-state index contributed by atoms with van der Waals surface area (Å²) >= 11 is 1.94. The Hall–Kier alpha value is -0.180. The van der Waals surface area contributed by atoms with E-state index in [1.165, 1.54) is 0 Å². The number of rotatable bonds is 0. The molecule has 3 heteroatoms. The Labute approximate surface area is 84.1 Å². The van der Waals surface area contributed by atoms with Crippen molar-refractivity contribution < 1.29 is 4.79 Å². The molecule has 0 aliphatic carbocycles. The zero-order chi connectivity index (χ0) is 10.0. The van der Waals surface area contributed by atoms with Crippen molar-refractivity contribution in [2.24, 2.45) is 5.41 Å². The Morgan fingerprint density at radius 2 is 1.85 bits per heavy atom. The van der Waals surface area contributed by atoms with Crippen molar-refractivity contribution in [3.8, 4) is 0 Å². The average molecular weight is 199 g/mol. The number of carbonyl (C=O) groups excluding carboxylic acids is 1. The first-order chi connectivity index (χ1) is 5.78. The van der Waals surface area contributed by atoms with Crippen molar-refractivity contribution >= 4 is 17.7 Å². The first kappa shape index (κ1) is 9.38. The first-order valence-corrected chi connectivity index (χ1v) is 5.67. The predicted molar refractivity (Wildman–Crippen MR) is 55.5 cm³/mol. The third kappa shape index (κ3) is 0.940. The number of nitrogens with zero attached hydrogens (tertiary/aromatic N) is 1. The molecule has 2 saturated heterocycles. The van der Waals surface area contributed by atoms with Crippen LogP contribution in [0, 0.1) is 5.41 Å². The molecule has 0 radical (unpaired) electrons. The fourth-order valence-corrected chi connectivity index (χ4v) is 3.80. The van der Waals surface area contributed by atoms with Crippen LogP contribution in [0.25, 0.3) is 0 Å². The normalized spacial score (nSPS) is 40.1. The van der Waals surface area contributed by atoms with Crippen LogP contribution in [0.3, 0.4) is 0 Å². The maximum absolute atomic E-state index is 11.8.